The molecule has 1 aliphatic rings. The molecule has 0 atom stereocenters. The Morgan fingerprint density at radius 1 is 1.36 bits per heavy atom. The van der Waals surface area contributed by atoms with Crippen LogP contribution in [0.25, 0.3) is 0 Å². The third kappa shape index (κ3) is 7.13. The van der Waals surface area contributed by atoms with Crippen molar-refractivity contribution in [3.05, 3.63) is 0 Å². The Hall–Kier alpha value is 0.790. The molecule has 0 amide bonds. The quantitative estimate of drug-likeness (QED) is 0.278. The van der Waals surface area contributed by atoms with Crippen LogP contribution in [0.5, 0.6) is 0 Å². The van der Waals surface area contributed by atoms with Gasteiger partial charge in [0.25, 0.3) is 0 Å². The molecular formula is C6H12NNaO5S. The molecule has 78 valence electrons. The summed E-state index contributed by atoms with van der Waals surface area (Å²) in [5, 5.41) is 0. The molecule has 1 heterocycles. The van der Waals surface area contributed by atoms with E-state index in [0.29, 0.717) is 19.8 Å². The van der Waals surface area contributed by atoms with Crippen LogP contribution in [0.3, 0.4) is 0 Å². The topological polar surface area (TPSA) is 78.9 Å². The maximum atomic E-state index is 10.1. The third-order valence-corrected chi connectivity index (χ3v) is 2.19. The summed E-state index contributed by atoms with van der Waals surface area (Å²) in [5.74, 6) is 0. The molecule has 0 spiro atoms. The summed E-state index contributed by atoms with van der Waals surface area (Å²) in [4.78, 5) is 1.98. The molecule has 0 unspecified atom stereocenters. The van der Waals surface area contributed by atoms with Crippen molar-refractivity contribution >= 4 is 10.4 Å². The first-order chi connectivity index (χ1) is 6.08. The van der Waals surface area contributed by atoms with Gasteiger partial charge < -0.3 is 9.29 Å². The molecule has 0 saturated carbocycles. The van der Waals surface area contributed by atoms with E-state index >= 15 is 0 Å². The minimum Gasteiger partial charge on any atom is -0.726 e. The van der Waals surface area contributed by atoms with Gasteiger partial charge in [-0.25, -0.2) is 8.42 Å². The average molecular weight is 233 g/mol. The van der Waals surface area contributed by atoms with Crippen LogP contribution in [0.2, 0.25) is 0 Å². The average Bonchev–Trinajstić information content (AvgIpc) is 2.04. The summed E-state index contributed by atoms with van der Waals surface area (Å²) < 4.78 is 39.3. The number of nitrogens with zero attached hydrogens (tertiary/aromatic N) is 1. The molecule has 1 aliphatic heterocycles. The van der Waals surface area contributed by atoms with Gasteiger partial charge in [0.15, 0.2) is 0 Å². The van der Waals surface area contributed by atoms with Crippen LogP contribution in [-0.4, -0.2) is 57.3 Å². The molecule has 1 fully saturated rings. The SMILES string of the molecule is O=S(=O)([O-])OCCN1CCOCC1.[Na+]. The molecule has 0 radical (unpaired) electrons. The standard InChI is InChI=1S/C6H13NO5S.Na/c8-13(9,10)12-6-3-7-1-4-11-5-2-7;/h1-6H2,(H,8,9,10);/q;+1/p-1. The molecule has 14 heavy (non-hydrogen) atoms. The van der Waals surface area contributed by atoms with Gasteiger partial charge in [-0.15, -0.1) is 0 Å². The fourth-order valence-electron chi connectivity index (χ4n) is 1.09. The molecule has 0 N–H and O–H groups in total. The van der Waals surface area contributed by atoms with Crippen LogP contribution < -0.4 is 29.6 Å². The Morgan fingerprint density at radius 3 is 2.43 bits per heavy atom. The van der Waals surface area contributed by atoms with Crippen molar-refractivity contribution in [2.45, 2.75) is 0 Å². The van der Waals surface area contributed by atoms with Crippen LogP contribution in [-0.2, 0) is 19.3 Å². The number of rotatable bonds is 4. The van der Waals surface area contributed by atoms with E-state index in [1.807, 2.05) is 4.90 Å². The van der Waals surface area contributed by atoms with Crippen LogP contribution in [0.1, 0.15) is 0 Å². The Labute approximate surface area is 106 Å². The summed E-state index contributed by atoms with van der Waals surface area (Å²) in [6, 6.07) is 0. The Bertz CT molecular complexity index is 239. The van der Waals surface area contributed by atoms with E-state index in [4.69, 9.17) is 4.74 Å². The second kappa shape index (κ2) is 7.13. The zero-order valence-corrected chi connectivity index (χ0v) is 11.0. The monoisotopic (exact) mass is 233 g/mol. The Morgan fingerprint density at radius 2 is 1.93 bits per heavy atom. The third-order valence-electron chi connectivity index (χ3n) is 1.74. The molecule has 0 aliphatic carbocycles. The van der Waals surface area contributed by atoms with Gasteiger partial charge in [0.1, 0.15) is 0 Å². The largest absolute Gasteiger partial charge is 1.00 e. The van der Waals surface area contributed by atoms with E-state index in [1.54, 1.807) is 0 Å². The zero-order chi connectivity index (χ0) is 9.73. The first-order valence-electron chi connectivity index (χ1n) is 3.98. The molecule has 1 saturated heterocycles. The summed E-state index contributed by atoms with van der Waals surface area (Å²) in [7, 11) is -4.53. The van der Waals surface area contributed by atoms with Gasteiger partial charge in [-0.05, 0) is 0 Å². The Kier molecular flexibility index (Phi) is 7.53. The molecule has 6 nitrogen and oxygen atoms in total. The second-order valence-corrected chi connectivity index (χ2v) is 3.74. The van der Waals surface area contributed by atoms with E-state index < -0.39 is 10.4 Å². The van der Waals surface area contributed by atoms with Gasteiger partial charge in [0.05, 0.1) is 19.8 Å². The molecule has 0 aromatic heterocycles. The van der Waals surface area contributed by atoms with E-state index in [1.165, 1.54) is 0 Å². The number of hydrogen-bond acceptors (Lipinski definition) is 6. The fraction of sp³-hybridized carbons (Fsp3) is 1.00. The van der Waals surface area contributed by atoms with Gasteiger partial charge in [-0.2, -0.15) is 0 Å². The first kappa shape index (κ1) is 14.8. The van der Waals surface area contributed by atoms with Crippen molar-refractivity contribution in [2.24, 2.45) is 0 Å². The van der Waals surface area contributed by atoms with Gasteiger partial charge in [-0.1, -0.05) is 0 Å². The number of hydrogen-bond donors (Lipinski definition) is 0. The summed E-state index contributed by atoms with van der Waals surface area (Å²) in [6.45, 7) is 3.16. The van der Waals surface area contributed by atoms with Crippen molar-refractivity contribution in [3.63, 3.8) is 0 Å². The van der Waals surface area contributed by atoms with Gasteiger partial charge in [-0.3, -0.25) is 9.08 Å². The number of morpholine rings is 1. The van der Waals surface area contributed by atoms with Crippen molar-refractivity contribution in [1.29, 1.82) is 0 Å². The van der Waals surface area contributed by atoms with E-state index in [0.717, 1.165) is 13.1 Å². The maximum Gasteiger partial charge on any atom is 1.00 e. The van der Waals surface area contributed by atoms with Crippen molar-refractivity contribution in [3.8, 4) is 0 Å². The maximum absolute atomic E-state index is 10.1. The molecule has 0 aromatic rings. The fourth-order valence-corrected chi connectivity index (χ4v) is 1.37. The zero-order valence-electron chi connectivity index (χ0n) is 8.14. The summed E-state index contributed by atoms with van der Waals surface area (Å²) >= 11 is 0. The minimum atomic E-state index is -4.53. The molecule has 1 rings (SSSR count). The van der Waals surface area contributed by atoms with Gasteiger partial charge in [0, 0.05) is 19.6 Å². The smallest absolute Gasteiger partial charge is 0.726 e. The van der Waals surface area contributed by atoms with E-state index in [2.05, 4.69) is 4.18 Å². The predicted molar refractivity (Wildman–Crippen MR) is 42.9 cm³/mol. The van der Waals surface area contributed by atoms with Crippen LogP contribution in [0, 0.1) is 0 Å². The normalized spacial score (nSPS) is 18.9. The van der Waals surface area contributed by atoms with Gasteiger partial charge >= 0.3 is 29.6 Å². The second-order valence-electron chi connectivity index (χ2n) is 2.68. The molecule has 8 heteroatoms. The van der Waals surface area contributed by atoms with Gasteiger partial charge in [0.2, 0.25) is 10.4 Å². The predicted octanol–water partition coefficient (Wildman–Crippen LogP) is -4.20. The number of ether oxygens (including phenoxy) is 1. The Balaban J connectivity index is 0.00000169. The summed E-state index contributed by atoms with van der Waals surface area (Å²) in [5.41, 5.74) is 0. The molecule has 0 aromatic carbocycles. The van der Waals surface area contributed by atoms with Crippen LogP contribution >= 0.6 is 0 Å². The first-order valence-corrected chi connectivity index (χ1v) is 5.31. The van der Waals surface area contributed by atoms with Crippen molar-refractivity contribution < 1.29 is 51.4 Å². The molecule has 0 bridgehead atoms. The minimum absolute atomic E-state index is 0. The van der Waals surface area contributed by atoms with Crippen LogP contribution in [0.15, 0.2) is 0 Å². The van der Waals surface area contributed by atoms with Crippen LogP contribution in [0.4, 0.5) is 0 Å². The van der Waals surface area contributed by atoms with E-state index in [-0.39, 0.29) is 36.2 Å². The molecular weight excluding hydrogens is 221 g/mol. The van der Waals surface area contributed by atoms with Crippen molar-refractivity contribution in [2.75, 3.05) is 39.5 Å². The summed E-state index contributed by atoms with van der Waals surface area (Å²) in [6.07, 6.45) is 0. The van der Waals surface area contributed by atoms with Crippen molar-refractivity contribution in [1.82, 2.24) is 4.90 Å². The van der Waals surface area contributed by atoms with E-state index in [9.17, 15) is 13.0 Å².